The van der Waals surface area contributed by atoms with Gasteiger partial charge in [-0.1, -0.05) is 0 Å². The molecule has 1 fully saturated rings. The molecule has 2 rings (SSSR count). The van der Waals surface area contributed by atoms with Crippen molar-refractivity contribution >= 4 is 22.9 Å². The van der Waals surface area contributed by atoms with Crippen molar-refractivity contribution in [3.8, 4) is 0 Å². The van der Waals surface area contributed by atoms with Crippen molar-refractivity contribution < 1.29 is 4.74 Å². The van der Waals surface area contributed by atoms with Crippen LogP contribution in [0.4, 0.5) is 0 Å². The summed E-state index contributed by atoms with van der Waals surface area (Å²) in [7, 11) is 2.17. The first kappa shape index (κ1) is 14.3. The number of ether oxygens (including phenoxy) is 1. The fourth-order valence-electron chi connectivity index (χ4n) is 2.25. The average Bonchev–Trinajstić information content (AvgIpc) is 3.00. The maximum atomic E-state index is 5.74. The molecule has 1 unspecified atom stereocenters. The molecule has 0 N–H and O–H groups in total. The summed E-state index contributed by atoms with van der Waals surface area (Å²) in [5.74, 6) is 0.523. The number of halogens is 1. The summed E-state index contributed by atoms with van der Waals surface area (Å²) in [6.07, 6.45) is 5.10. The zero-order valence-corrected chi connectivity index (χ0v) is 12.5. The van der Waals surface area contributed by atoms with Gasteiger partial charge in [-0.25, -0.2) is 4.98 Å². The Bertz CT molecular complexity index is 353. The topological polar surface area (TPSA) is 25.4 Å². The predicted octanol–water partition coefficient (Wildman–Crippen LogP) is 2.93. The third-order valence-corrected chi connectivity index (χ3v) is 4.44. The van der Waals surface area contributed by atoms with E-state index in [2.05, 4.69) is 22.3 Å². The molecule has 1 atom stereocenters. The highest BCUT2D eigenvalue weighted by atomic mass is 35.5. The van der Waals surface area contributed by atoms with E-state index in [4.69, 9.17) is 16.3 Å². The van der Waals surface area contributed by atoms with E-state index in [1.165, 1.54) is 17.8 Å². The number of alkyl halides is 1. The molecule has 0 aromatic carbocycles. The van der Waals surface area contributed by atoms with E-state index in [1.54, 1.807) is 11.3 Å². The summed E-state index contributed by atoms with van der Waals surface area (Å²) in [6, 6.07) is 0. The van der Waals surface area contributed by atoms with Crippen LogP contribution in [-0.2, 0) is 17.0 Å². The molecule has 0 aliphatic carbocycles. The summed E-state index contributed by atoms with van der Waals surface area (Å²) in [5, 5.41) is 3.26. The Morgan fingerprint density at radius 3 is 3.17 bits per heavy atom. The molecule has 1 aliphatic heterocycles. The van der Waals surface area contributed by atoms with Gasteiger partial charge in [0.2, 0.25) is 0 Å². The summed E-state index contributed by atoms with van der Waals surface area (Å²) in [6.45, 7) is 3.11. The lowest BCUT2D eigenvalue weighted by molar-refractivity contribution is 0.0810. The average molecular weight is 289 g/mol. The van der Waals surface area contributed by atoms with E-state index in [0.717, 1.165) is 38.2 Å². The smallest absolute Gasteiger partial charge is 0.0929 e. The molecule has 0 radical (unpaired) electrons. The van der Waals surface area contributed by atoms with Gasteiger partial charge in [0.25, 0.3) is 0 Å². The Morgan fingerprint density at radius 2 is 2.50 bits per heavy atom. The molecular weight excluding hydrogens is 268 g/mol. The van der Waals surface area contributed by atoms with Crippen LogP contribution in [-0.4, -0.2) is 42.7 Å². The molecule has 5 heteroatoms. The SMILES string of the molecule is CN(CCCc1nc(CCl)cs1)CC1CCCO1. The first-order chi connectivity index (χ1) is 8.78. The standard InChI is InChI=1S/C13H21ClN2OS/c1-16(9-12-4-3-7-17-12)6-2-5-13-15-11(8-14)10-18-13/h10,12H,2-9H2,1H3. The fourth-order valence-corrected chi connectivity index (χ4v) is 3.32. The third-order valence-electron chi connectivity index (χ3n) is 3.21. The molecule has 102 valence electrons. The van der Waals surface area contributed by atoms with Gasteiger partial charge in [-0.15, -0.1) is 22.9 Å². The van der Waals surface area contributed by atoms with Crippen LogP contribution >= 0.6 is 22.9 Å². The predicted molar refractivity (Wildman–Crippen MR) is 76.5 cm³/mol. The first-order valence-electron chi connectivity index (χ1n) is 6.57. The maximum absolute atomic E-state index is 5.74. The van der Waals surface area contributed by atoms with Crippen molar-refractivity contribution in [1.29, 1.82) is 0 Å². The molecule has 0 saturated carbocycles. The molecule has 3 nitrogen and oxygen atoms in total. The van der Waals surface area contributed by atoms with Gasteiger partial charge >= 0.3 is 0 Å². The quantitative estimate of drug-likeness (QED) is 0.722. The van der Waals surface area contributed by atoms with E-state index < -0.39 is 0 Å². The Kier molecular flexibility index (Phi) is 5.89. The molecule has 0 amide bonds. The van der Waals surface area contributed by atoms with Crippen LogP contribution in [0, 0.1) is 0 Å². The van der Waals surface area contributed by atoms with Crippen molar-refractivity contribution in [2.24, 2.45) is 0 Å². The highest BCUT2D eigenvalue weighted by Crippen LogP contribution is 2.15. The normalized spacial score (nSPS) is 19.8. The van der Waals surface area contributed by atoms with Crippen LogP contribution in [0.25, 0.3) is 0 Å². The van der Waals surface area contributed by atoms with Crippen molar-refractivity contribution in [3.63, 3.8) is 0 Å². The number of aryl methyl sites for hydroxylation is 1. The Hall–Kier alpha value is -0.160. The largest absolute Gasteiger partial charge is 0.377 e. The van der Waals surface area contributed by atoms with Gasteiger partial charge < -0.3 is 9.64 Å². The molecule has 1 aromatic heterocycles. The summed E-state index contributed by atoms with van der Waals surface area (Å²) >= 11 is 7.46. The number of hydrogen-bond acceptors (Lipinski definition) is 4. The monoisotopic (exact) mass is 288 g/mol. The second-order valence-electron chi connectivity index (χ2n) is 4.87. The summed E-state index contributed by atoms with van der Waals surface area (Å²) < 4.78 is 5.64. The van der Waals surface area contributed by atoms with Crippen molar-refractivity contribution in [2.75, 3.05) is 26.7 Å². The number of hydrogen-bond donors (Lipinski definition) is 0. The Morgan fingerprint density at radius 1 is 1.61 bits per heavy atom. The van der Waals surface area contributed by atoms with Gasteiger partial charge in [-0.2, -0.15) is 0 Å². The van der Waals surface area contributed by atoms with Crippen molar-refractivity contribution in [3.05, 3.63) is 16.1 Å². The molecule has 1 aromatic rings. The maximum Gasteiger partial charge on any atom is 0.0929 e. The van der Waals surface area contributed by atoms with Gasteiger partial charge in [0.15, 0.2) is 0 Å². The lowest BCUT2D eigenvalue weighted by Crippen LogP contribution is -2.29. The van der Waals surface area contributed by atoms with Gasteiger partial charge in [0, 0.05) is 25.0 Å². The van der Waals surface area contributed by atoms with Crippen LogP contribution < -0.4 is 0 Å². The second kappa shape index (κ2) is 7.43. The molecular formula is C13H21ClN2OS. The lowest BCUT2D eigenvalue weighted by Gasteiger charge is -2.19. The third kappa shape index (κ3) is 4.50. The van der Waals surface area contributed by atoms with E-state index in [9.17, 15) is 0 Å². The van der Waals surface area contributed by atoms with Crippen LogP contribution in [0.3, 0.4) is 0 Å². The molecule has 18 heavy (non-hydrogen) atoms. The number of nitrogens with zero attached hydrogens (tertiary/aromatic N) is 2. The van der Waals surface area contributed by atoms with Crippen LogP contribution in [0.15, 0.2) is 5.38 Å². The molecule has 2 heterocycles. The minimum absolute atomic E-state index is 0.456. The van der Waals surface area contributed by atoms with E-state index in [-0.39, 0.29) is 0 Å². The highest BCUT2D eigenvalue weighted by Gasteiger charge is 2.16. The van der Waals surface area contributed by atoms with E-state index in [0.29, 0.717) is 12.0 Å². The van der Waals surface area contributed by atoms with Gasteiger partial charge in [-0.05, 0) is 32.9 Å². The zero-order valence-electron chi connectivity index (χ0n) is 10.9. The minimum Gasteiger partial charge on any atom is -0.377 e. The summed E-state index contributed by atoms with van der Waals surface area (Å²) in [4.78, 5) is 6.84. The number of likely N-dealkylation sites (N-methyl/N-ethyl adjacent to an activating group) is 1. The van der Waals surface area contributed by atoms with Gasteiger partial charge in [0.1, 0.15) is 0 Å². The second-order valence-corrected chi connectivity index (χ2v) is 6.08. The highest BCUT2D eigenvalue weighted by molar-refractivity contribution is 7.09. The fraction of sp³-hybridized carbons (Fsp3) is 0.769. The summed E-state index contributed by atoms with van der Waals surface area (Å²) in [5.41, 5.74) is 1.00. The Labute approximate surface area is 118 Å². The van der Waals surface area contributed by atoms with Gasteiger partial charge in [0.05, 0.1) is 22.7 Å². The van der Waals surface area contributed by atoms with Crippen LogP contribution in [0.2, 0.25) is 0 Å². The Balaban J connectivity index is 1.61. The zero-order chi connectivity index (χ0) is 12.8. The molecule has 1 aliphatic rings. The minimum atomic E-state index is 0.456. The molecule has 0 bridgehead atoms. The lowest BCUT2D eigenvalue weighted by atomic mass is 10.2. The van der Waals surface area contributed by atoms with E-state index in [1.807, 2.05) is 0 Å². The van der Waals surface area contributed by atoms with Crippen molar-refractivity contribution in [1.82, 2.24) is 9.88 Å². The molecule has 1 saturated heterocycles. The first-order valence-corrected chi connectivity index (χ1v) is 7.98. The number of thiazole rings is 1. The van der Waals surface area contributed by atoms with E-state index >= 15 is 0 Å². The van der Waals surface area contributed by atoms with Gasteiger partial charge in [-0.3, -0.25) is 0 Å². The van der Waals surface area contributed by atoms with Crippen LogP contribution in [0.5, 0.6) is 0 Å². The number of rotatable bonds is 7. The molecule has 0 spiro atoms. The van der Waals surface area contributed by atoms with Crippen LogP contribution in [0.1, 0.15) is 30.0 Å². The number of aromatic nitrogens is 1. The van der Waals surface area contributed by atoms with Crippen molar-refractivity contribution in [2.45, 2.75) is 37.7 Å².